The van der Waals surface area contributed by atoms with Crippen LogP contribution in [0.1, 0.15) is 25.1 Å². The van der Waals surface area contributed by atoms with Gasteiger partial charge < -0.3 is 5.11 Å². The highest BCUT2D eigenvalue weighted by Gasteiger charge is 2.30. The van der Waals surface area contributed by atoms with Crippen LogP contribution in [0.5, 0.6) is 0 Å². The van der Waals surface area contributed by atoms with Crippen LogP contribution < -0.4 is 0 Å². The first kappa shape index (κ1) is 14.8. The summed E-state index contributed by atoms with van der Waals surface area (Å²) in [6.07, 6.45) is 2.28. The first-order chi connectivity index (χ1) is 8.94. The number of hydrogen-bond acceptors (Lipinski definition) is 2. The monoisotopic (exact) mass is 386 g/mol. The van der Waals surface area contributed by atoms with Gasteiger partial charge in [0.1, 0.15) is 5.60 Å². The maximum atomic E-state index is 10.8. The van der Waals surface area contributed by atoms with Gasteiger partial charge in [0.2, 0.25) is 0 Å². The summed E-state index contributed by atoms with van der Waals surface area (Å²) in [6.45, 7) is 4.57. The van der Waals surface area contributed by atoms with Crippen LogP contribution in [0.2, 0.25) is 0 Å². The minimum absolute atomic E-state index is 0.546. The summed E-state index contributed by atoms with van der Waals surface area (Å²) in [4.78, 5) is 0. The molecule has 19 heavy (non-hydrogen) atoms. The molecule has 1 unspecified atom stereocenters. The van der Waals surface area contributed by atoms with Crippen molar-refractivity contribution >= 4 is 31.9 Å². The lowest BCUT2D eigenvalue weighted by Crippen LogP contribution is -2.28. The molecule has 0 radical (unpaired) electrons. The van der Waals surface area contributed by atoms with Crippen molar-refractivity contribution in [2.24, 2.45) is 0 Å². The lowest BCUT2D eigenvalue weighted by Gasteiger charge is -2.25. The van der Waals surface area contributed by atoms with Crippen molar-refractivity contribution in [1.82, 2.24) is 9.78 Å². The number of rotatable bonds is 4. The van der Waals surface area contributed by atoms with Crippen molar-refractivity contribution < 1.29 is 5.11 Å². The molecule has 2 aromatic rings. The number of halogens is 2. The van der Waals surface area contributed by atoms with Crippen LogP contribution in [-0.4, -0.2) is 14.9 Å². The Labute approximate surface area is 129 Å². The van der Waals surface area contributed by atoms with E-state index in [9.17, 15) is 5.11 Å². The minimum Gasteiger partial charge on any atom is -0.383 e. The van der Waals surface area contributed by atoms with Gasteiger partial charge in [-0.15, -0.1) is 0 Å². The molecular weight excluding hydrogens is 372 g/mol. The Morgan fingerprint density at radius 3 is 2.47 bits per heavy atom. The maximum Gasteiger partial charge on any atom is 0.109 e. The lowest BCUT2D eigenvalue weighted by molar-refractivity contribution is 0.0472. The molecule has 0 spiro atoms. The lowest BCUT2D eigenvalue weighted by atomic mass is 9.93. The second kappa shape index (κ2) is 5.77. The van der Waals surface area contributed by atoms with Crippen LogP contribution >= 0.6 is 31.9 Å². The van der Waals surface area contributed by atoms with E-state index < -0.39 is 5.60 Å². The van der Waals surface area contributed by atoms with E-state index in [1.165, 1.54) is 0 Å². The third-order valence-corrected chi connectivity index (χ3v) is 4.18. The van der Waals surface area contributed by atoms with Gasteiger partial charge in [-0.25, -0.2) is 0 Å². The SMILES string of the molecule is CCn1ncc(Br)c1C(C)(O)Cc1ccc(Br)cc1. The zero-order chi connectivity index (χ0) is 14.0. The highest BCUT2D eigenvalue weighted by Crippen LogP contribution is 2.31. The Bertz CT molecular complexity index is 561. The molecule has 0 aliphatic heterocycles. The van der Waals surface area contributed by atoms with Crippen LogP contribution in [0, 0.1) is 0 Å². The van der Waals surface area contributed by atoms with E-state index in [1.807, 2.05) is 42.8 Å². The van der Waals surface area contributed by atoms with Crippen molar-refractivity contribution in [3.63, 3.8) is 0 Å². The molecule has 1 aromatic carbocycles. The van der Waals surface area contributed by atoms with Crippen molar-refractivity contribution in [2.75, 3.05) is 0 Å². The molecule has 0 amide bonds. The summed E-state index contributed by atoms with van der Waals surface area (Å²) in [5.74, 6) is 0. The third-order valence-electron chi connectivity index (χ3n) is 3.07. The zero-order valence-corrected chi connectivity index (χ0v) is 14.1. The van der Waals surface area contributed by atoms with Crippen LogP contribution in [0.3, 0.4) is 0 Å². The fourth-order valence-electron chi connectivity index (χ4n) is 2.22. The molecular formula is C14H16Br2N2O. The van der Waals surface area contributed by atoms with Gasteiger partial charge in [0.25, 0.3) is 0 Å². The van der Waals surface area contributed by atoms with E-state index >= 15 is 0 Å². The van der Waals surface area contributed by atoms with E-state index in [0.29, 0.717) is 6.42 Å². The van der Waals surface area contributed by atoms with Gasteiger partial charge in [-0.05, 0) is 47.5 Å². The highest BCUT2D eigenvalue weighted by atomic mass is 79.9. The number of aryl methyl sites for hydroxylation is 1. The van der Waals surface area contributed by atoms with Crippen molar-refractivity contribution in [3.8, 4) is 0 Å². The van der Waals surface area contributed by atoms with Gasteiger partial charge in [-0.1, -0.05) is 28.1 Å². The third kappa shape index (κ3) is 3.27. The predicted octanol–water partition coefficient (Wildman–Crippen LogP) is 3.88. The Morgan fingerprint density at radius 1 is 1.26 bits per heavy atom. The molecule has 0 bridgehead atoms. The molecule has 0 aliphatic carbocycles. The standard InChI is InChI=1S/C14H16Br2N2O/c1-3-18-13(12(16)9-17-18)14(2,19)8-10-4-6-11(15)7-5-10/h4-7,9,19H,3,8H2,1-2H3. The Morgan fingerprint density at radius 2 is 1.89 bits per heavy atom. The van der Waals surface area contributed by atoms with Crippen LogP contribution in [-0.2, 0) is 18.6 Å². The Kier molecular flexibility index (Phi) is 4.48. The first-order valence-electron chi connectivity index (χ1n) is 6.12. The number of hydrogen-bond donors (Lipinski definition) is 1. The molecule has 1 atom stereocenters. The molecule has 1 heterocycles. The molecule has 3 nitrogen and oxygen atoms in total. The van der Waals surface area contributed by atoms with Gasteiger partial charge in [0, 0.05) is 17.4 Å². The summed E-state index contributed by atoms with van der Waals surface area (Å²) < 4.78 is 3.70. The summed E-state index contributed by atoms with van der Waals surface area (Å²) in [6, 6.07) is 7.99. The Hall–Kier alpha value is -0.650. The Balaban J connectivity index is 2.31. The normalized spacial score (nSPS) is 14.4. The largest absolute Gasteiger partial charge is 0.383 e. The number of benzene rings is 1. The van der Waals surface area contributed by atoms with Crippen LogP contribution in [0.4, 0.5) is 0 Å². The summed E-state index contributed by atoms with van der Waals surface area (Å²) in [5, 5.41) is 15.0. The zero-order valence-electron chi connectivity index (χ0n) is 10.9. The first-order valence-corrected chi connectivity index (χ1v) is 7.71. The number of nitrogens with zero attached hydrogens (tertiary/aromatic N) is 2. The molecule has 0 fully saturated rings. The minimum atomic E-state index is -0.959. The van der Waals surface area contributed by atoms with Gasteiger partial charge >= 0.3 is 0 Å². The van der Waals surface area contributed by atoms with E-state index in [2.05, 4.69) is 37.0 Å². The summed E-state index contributed by atoms with van der Waals surface area (Å²) >= 11 is 6.88. The van der Waals surface area contributed by atoms with E-state index in [1.54, 1.807) is 6.20 Å². The average Bonchev–Trinajstić information content (AvgIpc) is 2.74. The van der Waals surface area contributed by atoms with Crippen molar-refractivity contribution in [3.05, 3.63) is 50.7 Å². The van der Waals surface area contributed by atoms with E-state index in [4.69, 9.17) is 0 Å². The van der Waals surface area contributed by atoms with Gasteiger partial charge in [-0.2, -0.15) is 5.10 Å². The van der Waals surface area contributed by atoms with E-state index in [-0.39, 0.29) is 0 Å². The summed E-state index contributed by atoms with van der Waals surface area (Å²) in [5.41, 5.74) is 0.945. The predicted molar refractivity (Wildman–Crippen MR) is 83.0 cm³/mol. The smallest absolute Gasteiger partial charge is 0.109 e. The topological polar surface area (TPSA) is 38.0 Å². The second-order valence-electron chi connectivity index (χ2n) is 4.73. The van der Waals surface area contributed by atoms with Gasteiger partial charge in [0.15, 0.2) is 0 Å². The fraction of sp³-hybridized carbons (Fsp3) is 0.357. The molecule has 1 aromatic heterocycles. The molecule has 2 rings (SSSR count). The molecule has 0 aliphatic rings. The molecule has 1 N–H and O–H groups in total. The number of aliphatic hydroxyl groups is 1. The van der Waals surface area contributed by atoms with Crippen LogP contribution in [0.15, 0.2) is 39.4 Å². The molecule has 0 saturated heterocycles. The van der Waals surface area contributed by atoms with Gasteiger partial charge in [-0.3, -0.25) is 4.68 Å². The van der Waals surface area contributed by atoms with Gasteiger partial charge in [0.05, 0.1) is 16.4 Å². The summed E-state index contributed by atoms with van der Waals surface area (Å²) in [7, 11) is 0. The molecule has 5 heteroatoms. The fourth-order valence-corrected chi connectivity index (χ4v) is 3.21. The highest BCUT2D eigenvalue weighted by molar-refractivity contribution is 9.10. The molecule has 0 saturated carbocycles. The maximum absolute atomic E-state index is 10.8. The average molecular weight is 388 g/mol. The quantitative estimate of drug-likeness (QED) is 0.864. The van der Waals surface area contributed by atoms with Crippen molar-refractivity contribution in [1.29, 1.82) is 0 Å². The van der Waals surface area contributed by atoms with Crippen molar-refractivity contribution in [2.45, 2.75) is 32.4 Å². The number of aromatic nitrogens is 2. The van der Waals surface area contributed by atoms with E-state index in [0.717, 1.165) is 26.7 Å². The molecule has 102 valence electrons. The second-order valence-corrected chi connectivity index (χ2v) is 6.50. The van der Waals surface area contributed by atoms with Crippen LogP contribution in [0.25, 0.3) is 0 Å².